The maximum absolute atomic E-state index is 9.53. The summed E-state index contributed by atoms with van der Waals surface area (Å²) in [6.45, 7) is 1.60. The minimum Gasteiger partial charge on any atom is -0.360 e. The predicted octanol–water partition coefficient (Wildman–Crippen LogP) is 2.28. The zero-order valence-electron chi connectivity index (χ0n) is 7.70. The molecule has 0 fully saturated rings. The largest absolute Gasteiger partial charge is 0.360 e. The van der Waals surface area contributed by atoms with Crippen molar-refractivity contribution in [3.8, 4) is 0 Å². The third kappa shape index (κ3) is 1.96. The summed E-state index contributed by atoms with van der Waals surface area (Å²) in [7, 11) is 0. The van der Waals surface area contributed by atoms with Gasteiger partial charge in [0.1, 0.15) is 0 Å². The molecular formula is C10H10BrNO2. The van der Waals surface area contributed by atoms with Crippen molar-refractivity contribution in [1.29, 1.82) is 0 Å². The number of hydrogen-bond donors (Lipinski definition) is 1. The quantitative estimate of drug-likeness (QED) is 0.837. The monoisotopic (exact) mass is 255 g/mol. The van der Waals surface area contributed by atoms with Crippen LogP contribution in [0.1, 0.15) is 18.9 Å². The summed E-state index contributed by atoms with van der Waals surface area (Å²) in [6.07, 6.45) is 0.425. The Kier molecular flexibility index (Phi) is 2.33. The summed E-state index contributed by atoms with van der Waals surface area (Å²) < 4.78 is 1.02. The van der Waals surface area contributed by atoms with Crippen molar-refractivity contribution in [2.75, 3.05) is 0 Å². The Morgan fingerprint density at radius 2 is 2.07 bits per heavy atom. The molecule has 1 heterocycles. The van der Waals surface area contributed by atoms with Gasteiger partial charge in [-0.05, 0) is 17.7 Å². The number of rotatable bonds is 1. The molecule has 3 nitrogen and oxygen atoms in total. The van der Waals surface area contributed by atoms with Gasteiger partial charge in [-0.15, -0.1) is 0 Å². The molecule has 1 unspecified atom stereocenters. The average molecular weight is 256 g/mol. The number of hydrogen-bond acceptors (Lipinski definition) is 3. The van der Waals surface area contributed by atoms with Gasteiger partial charge in [0.15, 0.2) is 0 Å². The second-order valence-corrected chi connectivity index (χ2v) is 4.40. The highest BCUT2D eigenvalue weighted by Gasteiger charge is 2.31. The maximum Gasteiger partial charge on any atom is 0.237 e. The molecule has 1 atom stereocenters. The highest BCUT2D eigenvalue weighted by molar-refractivity contribution is 9.10. The number of nitrogens with zero attached hydrogens (tertiary/aromatic N) is 1. The number of benzene rings is 1. The van der Waals surface area contributed by atoms with Crippen LogP contribution < -0.4 is 0 Å². The van der Waals surface area contributed by atoms with Gasteiger partial charge in [0.05, 0.1) is 12.1 Å². The number of oxime groups is 1. The van der Waals surface area contributed by atoms with E-state index in [2.05, 4.69) is 21.1 Å². The fraction of sp³-hybridized carbons (Fsp3) is 0.300. The first kappa shape index (κ1) is 9.68. The van der Waals surface area contributed by atoms with Crippen molar-refractivity contribution < 1.29 is 9.94 Å². The van der Waals surface area contributed by atoms with Crippen molar-refractivity contribution in [2.24, 2.45) is 5.16 Å². The smallest absolute Gasteiger partial charge is 0.237 e. The van der Waals surface area contributed by atoms with E-state index in [1.165, 1.54) is 0 Å². The highest BCUT2D eigenvalue weighted by Crippen LogP contribution is 2.24. The molecule has 0 radical (unpaired) electrons. The zero-order valence-corrected chi connectivity index (χ0v) is 9.28. The lowest BCUT2D eigenvalue weighted by Gasteiger charge is -2.11. The first-order chi connectivity index (χ1) is 6.57. The molecule has 74 valence electrons. The van der Waals surface area contributed by atoms with Gasteiger partial charge in [-0.2, -0.15) is 0 Å². The molecule has 0 spiro atoms. The molecule has 0 bridgehead atoms. The van der Waals surface area contributed by atoms with E-state index in [0.717, 1.165) is 15.7 Å². The van der Waals surface area contributed by atoms with Crippen LogP contribution in [-0.2, 0) is 4.84 Å². The van der Waals surface area contributed by atoms with Gasteiger partial charge in [-0.3, -0.25) is 0 Å². The minimum atomic E-state index is -1.15. The van der Waals surface area contributed by atoms with E-state index in [9.17, 15) is 5.11 Å². The van der Waals surface area contributed by atoms with E-state index in [-0.39, 0.29) is 0 Å². The highest BCUT2D eigenvalue weighted by atomic mass is 79.9. The van der Waals surface area contributed by atoms with Crippen LogP contribution in [0.15, 0.2) is 33.9 Å². The van der Waals surface area contributed by atoms with Gasteiger partial charge in [0.2, 0.25) is 5.79 Å². The molecule has 1 aromatic carbocycles. The summed E-state index contributed by atoms with van der Waals surface area (Å²) in [4.78, 5) is 4.87. The van der Waals surface area contributed by atoms with Crippen LogP contribution in [0.5, 0.6) is 0 Å². The van der Waals surface area contributed by atoms with E-state index in [4.69, 9.17) is 4.84 Å². The third-order valence-corrected chi connectivity index (χ3v) is 2.55. The molecule has 14 heavy (non-hydrogen) atoms. The number of halogens is 1. The van der Waals surface area contributed by atoms with E-state index < -0.39 is 5.79 Å². The second kappa shape index (κ2) is 3.37. The van der Waals surface area contributed by atoms with Crippen LogP contribution in [-0.4, -0.2) is 16.6 Å². The molecule has 1 aliphatic heterocycles. The van der Waals surface area contributed by atoms with Gasteiger partial charge in [0, 0.05) is 11.4 Å². The lowest BCUT2D eigenvalue weighted by Crippen LogP contribution is -2.23. The molecule has 0 aromatic heterocycles. The molecule has 0 saturated heterocycles. The molecule has 0 saturated carbocycles. The first-order valence-corrected chi connectivity index (χ1v) is 5.09. The Labute approximate surface area is 90.5 Å². The summed E-state index contributed by atoms with van der Waals surface area (Å²) in [6, 6.07) is 7.75. The Balaban J connectivity index is 2.22. The van der Waals surface area contributed by atoms with Crippen LogP contribution >= 0.6 is 15.9 Å². The minimum absolute atomic E-state index is 0.425. The Bertz CT molecular complexity index is 370. The van der Waals surface area contributed by atoms with Crippen LogP contribution in [0.4, 0.5) is 0 Å². The van der Waals surface area contributed by atoms with Crippen LogP contribution in [0, 0.1) is 0 Å². The Hall–Kier alpha value is -0.870. The van der Waals surface area contributed by atoms with E-state index in [1.807, 2.05) is 24.3 Å². The summed E-state index contributed by atoms with van der Waals surface area (Å²) in [5.41, 5.74) is 1.76. The average Bonchev–Trinajstić information content (AvgIpc) is 2.47. The van der Waals surface area contributed by atoms with Gasteiger partial charge >= 0.3 is 0 Å². The normalized spacial score (nSPS) is 25.8. The van der Waals surface area contributed by atoms with Gasteiger partial charge in [-0.1, -0.05) is 33.2 Å². The molecule has 2 rings (SSSR count). The van der Waals surface area contributed by atoms with Crippen LogP contribution in [0.2, 0.25) is 0 Å². The van der Waals surface area contributed by atoms with E-state index in [0.29, 0.717) is 6.42 Å². The fourth-order valence-electron chi connectivity index (χ4n) is 1.33. The SMILES string of the molecule is CC1(O)CC(c2ccc(Br)cc2)=NO1. The number of aliphatic hydroxyl groups is 1. The van der Waals surface area contributed by atoms with Crippen molar-refractivity contribution in [1.82, 2.24) is 0 Å². The molecular weight excluding hydrogens is 246 g/mol. The summed E-state index contributed by atoms with van der Waals surface area (Å²) >= 11 is 3.36. The van der Waals surface area contributed by atoms with Crippen LogP contribution in [0.3, 0.4) is 0 Å². The van der Waals surface area contributed by atoms with Crippen molar-refractivity contribution in [3.63, 3.8) is 0 Å². The van der Waals surface area contributed by atoms with Crippen molar-refractivity contribution in [2.45, 2.75) is 19.1 Å². The lowest BCUT2D eigenvalue weighted by atomic mass is 10.0. The fourth-order valence-corrected chi connectivity index (χ4v) is 1.59. The third-order valence-electron chi connectivity index (χ3n) is 2.03. The van der Waals surface area contributed by atoms with Crippen molar-refractivity contribution in [3.05, 3.63) is 34.3 Å². The summed E-state index contributed by atoms with van der Waals surface area (Å²) in [5.74, 6) is -1.15. The Morgan fingerprint density at radius 3 is 2.57 bits per heavy atom. The molecule has 4 heteroatoms. The van der Waals surface area contributed by atoms with E-state index in [1.54, 1.807) is 6.92 Å². The van der Waals surface area contributed by atoms with Gasteiger partial charge in [-0.25, -0.2) is 0 Å². The molecule has 0 aliphatic carbocycles. The van der Waals surface area contributed by atoms with E-state index >= 15 is 0 Å². The molecule has 1 aliphatic rings. The molecule has 1 aromatic rings. The Morgan fingerprint density at radius 1 is 1.43 bits per heavy atom. The van der Waals surface area contributed by atoms with Gasteiger partial charge in [0.25, 0.3) is 0 Å². The standard InChI is InChI=1S/C10H10BrNO2/c1-10(13)6-9(12-14-10)7-2-4-8(11)5-3-7/h2-5,13H,6H2,1H3. The van der Waals surface area contributed by atoms with Crippen LogP contribution in [0.25, 0.3) is 0 Å². The topological polar surface area (TPSA) is 41.8 Å². The summed E-state index contributed by atoms with van der Waals surface area (Å²) in [5, 5.41) is 13.4. The molecule has 0 amide bonds. The predicted molar refractivity (Wildman–Crippen MR) is 57.0 cm³/mol. The van der Waals surface area contributed by atoms with Crippen molar-refractivity contribution >= 4 is 21.6 Å². The lowest BCUT2D eigenvalue weighted by molar-refractivity contribution is -0.170. The first-order valence-electron chi connectivity index (χ1n) is 4.30. The maximum atomic E-state index is 9.53. The molecule has 1 N–H and O–H groups in total. The van der Waals surface area contributed by atoms with Gasteiger partial charge < -0.3 is 9.94 Å². The zero-order chi connectivity index (χ0) is 10.2. The second-order valence-electron chi connectivity index (χ2n) is 3.49.